The van der Waals surface area contributed by atoms with Gasteiger partial charge >= 0.3 is 24.3 Å². The molecule has 8 nitrogen and oxygen atoms in total. The van der Waals surface area contributed by atoms with E-state index in [1.54, 1.807) is 0 Å². The number of hydrogen-bond acceptors (Lipinski definition) is 6. The van der Waals surface area contributed by atoms with Gasteiger partial charge in [-0.25, -0.2) is 13.2 Å². The Morgan fingerprint density at radius 1 is 0.892 bits per heavy atom. The van der Waals surface area contributed by atoms with Crippen LogP contribution in [0.4, 0.5) is 36.8 Å². The van der Waals surface area contributed by atoms with Crippen molar-refractivity contribution in [3.63, 3.8) is 0 Å². The van der Waals surface area contributed by atoms with Gasteiger partial charge in [-0.3, -0.25) is 4.90 Å². The lowest BCUT2D eigenvalue weighted by Crippen LogP contribution is -2.49. The Balaban J connectivity index is 1.59. The summed E-state index contributed by atoms with van der Waals surface area (Å²) < 4.78 is 105. The van der Waals surface area contributed by atoms with Crippen LogP contribution in [0, 0.1) is 0 Å². The van der Waals surface area contributed by atoms with E-state index < -0.39 is 39.7 Å². The molecule has 2 aromatic carbocycles. The third-order valence-electron chi connectivity index (χ3n) is 5.56. The fourth-order valence-corrected chi connectivity index (χ4v) is 4.77. The molecule has 4 rings (SSSR count). The first kappa shape index (κ1) is 26.4. The lowest BCUT2D eigenvalue weighted by molar-refractivity contribution is -0.157. The van der Waals surface area contributed by atoms with E-state index in [-0.39, 0.29) is 48.3 Å². The first-order valence-corrected chi connectivity index (χ1v) is 12.5. The number of rotatable bonds is 4. The molecule has 198 valence electrons. The molecule has 0 N–H and O–H groups in total. The number of carbonyl (C=O) groups is 1. The second-order valence-corrected chi connectivity index (χ2v) is 10.5. The van der Waals surface area contributed by atoms with E-state index >= 15 is 0 Å². The number of amides is 2. The van der Waals surface area contributed by atoms with Crippen molar-refractivity contribution in [2.24, 2.45) is 0 Å². The first-order chi connectivity index (χ1) is 17.2. The number of nitrogens with zero attached hydrogens (tertiary/aromatic N) is 4. The van der Waals surface area contributed by atoms with E-state index in [9.17, 15) is 39.6 Å². The Morgan fingerprint density at radius 2 is 1.49 bits per heavy atom. The van der Waals surface area contributed by atoms with E-state index in [0.717, 1.165) is 24.3 Å². The van der Waals surface area contributed by atoms with Gasteiger partial charge in [0.05, 0.1) is 23.6 Å². The molecule has 1 aliphatic heterocycles. The molecule has 0 radical (unpaired) electrons. The molecule has 2 heterocycles. The molecule has 3 aromatic rings. The van der Waals surface area contributed by atoms with E-state index in [1.807, 2.05) is 0 Å². The fourth-order valence-electron chi connectivity index (χ4n) is 3.56. The smallest absolute Gasteiger partial charge is 0.413 e. The molecule has 15 heteroatoms. The number of halogens is 6. The van der Waals surface area contributed by atoms with E-state index in [1.165, 1.54) is 34.1 Å². The Bertz CT molecular complexity index is 1360. The summed E-state index contributed by atoms with van der Waals surface area (Å²) in [5.41, 5.74) is -0.102. The van der Waals surface area contributed by atoms with Crippen molar-refractivity contribution in [1.29, 1.82) is 0 Å². The Labute approximate surface area is 206 Å². The summed E-state index contributed by atoms with van der Waals surface area (Å²) in [5.74, 6) is -2.35. The molecule has 0 saturated carbocycles. The molecule has 2 amide bonds. The summed E-state index contributed by atoms with van der Waals surface area (Å²) in [6.07, 6.45) is -9.38. The van der Waals surface area contributed by atoms with Crippen molar-refractivity contribution in [2.75, 3.05) is 29.5 Å². The number of alkyl halides is 6. The van der Waals surface area contributed by atoms with Crippen molar-refractivity contribution in [2.45, 2.75) is 18.9 Å². The summed E-state index contributed by atoms with van der Waals surface area (Å²) in [4.78, 5) is 15.8. The zero-order chi connectivity index (χ0) is 27.0. The Morgan fingerprint density at radius 3 is 2.00 bits per heavy atom. The van der Waals surface area contributed by atoms with Gasteiger partial charge < -0.3 is 9.32 Å². The van der Waals surface area contributed by atoms with Crippen LogP contribution >= 0.6 is 0 Å². The van der Waals surface area contributed by atoms with Gasteiger partial charge in [0.2, 0.25) is 5.89 Å². The van der Waals surface area contributed by atoms with Crippen LogP contribution in [0.15, 0.2) is 52.9 Å². The van der Waals surface area contributed by atoms with Crippen LogP contribution in [0.2, 0.25) is 0 Å². The predicted octanol–water partition coefficient (Wildman–Crippen LogP) is 4.63. The predicted molar refractivity (Wildman–Crippen MR) is 118 cm³/mol. The van der Waals surface area contributed by atoms with Gasteiger partial charge in [-0.05, 0) is 42.0 Å². The monoisotopic (exact) mass is 548 g/mol. The summed E-state index contributed by atoms with van der Waals surface area (Å²) in [7, 11) is -3.29. The number of sulfone groups is 1. The van der Waals surface area contributed by atoms with Crippen LogP contribution in [0.3, 0.4) is 0 Å². The van der Waals surface area contributed by atoms with Crippen molar-refractivity contribution < 1.29 is 44.0 Å². The molecule has 1 saturated heterocycles. The second kappa shape index (κ2) is 9.68. The molecule has 0 aliphatic carbocycles. The summed E-state index contributed by atoms with van der Waals surface area (Å²) >= 11 is 0. The molecule has 0 spiro atoms. The first-order valence-electron chi connectivity index (χ1n) is 10.7. The summed E-state index contributed by atoms with van der Waals surface area (Å²) in [6, 6.07) is 9.07. The van der Waals surface area contributed by atoms with E-state index in [4.69, 9.17) is 0 Å². The zero-order valence-electron chi connectivity index (χ0n) is 18.8. The van der Waals surface area contributed by atoms with Crippen molar-refractivity contribution in [3.8, 4) is 11.5 Å². The van der Waals surface area contributed by atoms with Crippen molar-refractivity contribution in [1.82, 2.24) is 15.1 Å². The third kappa shape index (κ3) is 6.21. The van der Waals surface area contributed by atoms with E-state index in [0.29, 0.717) is 5.56 Å². The summed E-state index contributed by atoms with van der Waals surface area (Å²) in [5, 5.41) is 6.33. The number of hydrogen-bond donors (Lipinski definition) is 0. The molecule has 37 heavy (non-hydrogen) atoms. The van der Waals surface area contributed by atoms with Gasteiger partial charge in [-0.15, -0.1) is 10.2 Å². The van der Waals surface area contributed by atoms with Crippen LogP contribution in [0.25, 0.3) is 11.5 Å². The quantitative estimate of drug-likeness (QED) is 0.441. The maximum atomic E-state index is 13.3. The maximum absolute atomic E-state index is 13.3. The standard InChI is InChI=1S/C22H18F6N4O4S/c23-21(24,25)16-5-7-17(8-6-16)32(20(33)31-9-11-37(34,35)12-10-31)13-14-1-3-15(4-2-14)18-29-30-19(36-18)22(26,27)28/h1-8H,9-13H2. The highest BCUT2D eigenvalue weighted by Gasteiger charge is 2.38. The SMILES string of the molecule is O=C(N1CCS(=O)(=O)CC1)N(Cc1ccc(-c2nnc(C(F)(F)F)o2)cc1)c1ccc(C(F)(F)F)cc1. The number of urea groups is 1. The van der Waals surface area contributed by atoms with Crippen LogP contribution in [0.1, 0.15) is 17.0 Å². The number of aromatic nitrogens is 2. The van der Waals surface area contributed by atoms with Crippen LogP contribution in [0.5, 0.6) is 0 Å². The number of anilines is 1. The molecular weight excluding hydrogens is 530 g/mol. The minimum Gasteiger partial charge on any atom is -0.413 e. The van der Waals surface area contributed by atoms with Gasteiger partial charge in [0.15, 0.2) is 9.84 Å². The van der Waals surface area contributed by atoms with Gasteiger partial charge in [-0.1, -0.05) is 12.1 Å². The van der Waals surface area contributed by atoms with Crippen molar-refractivity contribution in [3.05, 3.63) is 65.5 Å². The normalized spacial score (nSPS) is 16.0. The molecular formula is C22H18F6N4O4S. The van der Waals surface area contributed by atoms with Gasteiger partial charge in [0.1, 0.15) is 0 Å². The molecule has 1 aliphatic rings. The van der Waals surface area contributed by atoms with Crippen molar-refractivity contribution >= 4 is 21.6 Å². The highest BCUT2D eigenvalue weighted by Crippen LogP contribution is 2.32. The molecule has 0 bridgehead atoms. The third-order valence-corrected chi connectivity index (χ3v) is 7.17. The van der Waals surface area contributed by atoms with E-state index in [2.05, 4.69) is 14.6 Å². The Kier molecular flexibility index (Phi) is 6.92. The Hall–Kier alpha value is -3.62. The highest BCUT2D eigenvalue weighted by atomic mass is 32.2. The summed E-state index contributed by atoms with van der Waals surface area (Å²) in [6.45, 7) is -0.267. The molecule has 0 unspecified atom stereocenters. The topological polar surface area (TPSA) is 96.6 Å². The van der Waals surface area contributed by atoms with Crippen LogP contribution < -0.4 is 4.90 Å². The fraction of sp³-hybridized carbons (Fsp3) is 0.318. The van der Waals surface area contributed by atoms with Crippen LogP contribution in [-0.4, -0.2) is 54.1 Å². The average Bonchev–Trinajstić information content (AvgIpc) is 3.33. The maximum Gasteiger partial charge on any atom is 0.470 e. The number of carbonyl (C=O) groups excluding carboxylic acids is 1. The zero-order valence-corrected chi connectivity index (χ0v) is 19.6. The number of benzene rings is 2. The average molecular weight is 548 g/mol. The highest BCUT2D eigenvalue weighted by molar-refractivity contribution is 7.91. The molecule has 1 aromatic heterocycles. The molecule has 1 fully saturated rings. The minimum absolute atomic E-state index is 0.0735. The largest absolute Gasteiger partial charge is 0.470 e. The minimum atomic E-state index is -4.80. The van der Waals surface area contributed by atoms with Crippen LogP contribution in [-0.2, 0) is 28.7 Å². The lowest BCUT2D eigenvalue weighted by Gasteiger charge is -2.33. The van der Waals surface area contributed by atoms with Gasteiger partial charge in [-0.2, -0.15) is 26.3 Å². The molecule has 0 atom stereocenters. The van der Waals surface area contributed by atoms with Gasteiger partial charge in [0.25, 0.3) is 0 Å². The lowest BCUT2D eigenvalue weighted by atomic mass is 10.1. The van der Waals surface area contributed by atoms with Gasteiger partial charge in [0, 0.05) is 24.3 Å². The second-order valence-electron chi connectivity index (χ2n) is 8.16.